The minimum Gasteiger partial charge on any atom is -0.497 e. The molecule has 1 amide bonds. The molecule has 102 valence electrons. The van der Waals surface area contributed by atoms with E-state index < -0.39 is 0 Å². The Hall–Kier alpha value is -1.49. The Bertz CT molecular complexity index is 471. The summed E-state index contributed by atoms with van der Waals surface area (Å²) in [5.74, 6) is 1.86. The fourth-order valence-electron chi connectivity index (χ4n) is 1.92. The Kier molecular flexibility index (Phi) is 4.85. The molecule has 0 radical (unpaired) electrons. The van der Waals surface area contributed by atoms with Crippen LogP contribution in [-0.4, -0.2) is 41.9 Å². The van der Waals surface area contributed by atoms with Crippen LogP contribution in [0.4, 0.5) is 0 Å². The van der Waals surface area contributed by atoms with Gasteiger partial charge in [-0.25, -0.2) is 0 Å². The molecular weight excluding hydrogens is 260 g/mol. The number of hydrogen-bond acceptors (Lipinski definition) is 4. The van der Waals surface area contributed by atoms with Crippen LogP contribution in [0.2, 0.25) is 0 Å². The Morgan fingerprint density at radius 2 is 2.16 bits per heavy atom. The van der Waals surface area contributed by atoms with Crippen molar-refractivity contribution in [3.8, 4) is 5.75 Å². The van der Waals surface area contributed by atoms with Crippen molar-refractivity contribution in [3.05, 3.63) is 29.8 Å². The van der Waals surface area contributed by atoms with Gasteiger partial charge in [-0.05, 0) is 23.4 Å². The summed E-state index contributed by atoms with van der Waals surface area (Å²) in [5.41, 5.74) is 0.999. The largest absolute Gasteiger partial charge is 0.497 e. The normalized spacial score (nSPS) is 14.4. The Balaban J connectivity index is 1.98. The van der Waals surface area contributed by atoms with Crippen LogP contribution in [-0.2, 0) is 11.2 Å². The van der Waals surface area contributed by atoms with Gasteiger partial charge in [-0.3, -0.25) is 14.7 Å². The lowest BCUT2D eigenvalue weighted by atomic mass is 10.1. The number of benzene rings is 1. The lowest BCUT2D eigenvalue weighted by molar-refractivity contribution is -0.126. The topological polar surface area (TPSA) is 41.9 Å². The summed E-state index contributed by atoms with van der Waals surface area (Å²) in [6.45, 7) is 3.49. The predicted octanol–water partition coefficient (Wildman–Crippen LogP) is 2.19. The molecule has 4 nitrogen and oxygen atoms in total. The zero-order valence-electron chi connectivity index (χ0n) is 11.3. The van der Waals surface area contributed by atoms with Crippen molar-refractivity contribution in [2.24, 2.45) is 4.99 Å². The number of carbonyl (C=O) groups excluding carboxylic acids is 1. The number of aliphatic imine (C=N–C) groups is 1. The highest BCUT2D eigenvalue weighted by atomic mass is 32.2. The van der Waals surface area contributed by atoms with Crippen LogP contribution in [0.5, 0.6) is 5.75 Å². The minimum absolute atomic E-state index is 0.113. The van der Waals surface area contributed by atoms with Crippen LogP contribution in [0.3, 0.4) is 0 Å². The molecule has 0 unspecified atom stereocenters. The van der Waals surface area contributed by atoms with Gasteiger partial charge in [0.05, 0.1) is 20.1 Å². The Labute approximate surface area is 117 Å². The smallest absolute Gasteiger partial charge is 0.233 e. The fraction of sp³-hybridized carbons (Fsp3) is 0.429. The number of methoxy groups -OCH3 is 1. The van der Waals surface area contributed by atoms with Crippen molar-refractivity contribution in [3.63, 3.8) is 0 Å². The van der Waals surface area contributed by atoms with Crippen molar-refractivity contribution in [1.29, 1.82) is 0 Å². The van der Waals surface area contributed by atoms with E-state index >= 15 is 0 Å². The quantitative estimate of drug-likeness (QED) is 0.848. The molecule has 1 aliphatic heterocycles. The summed E-state index contributed by atoms with van der Waals surface area (Å²) in [4.78, 5) is 18.4. The van der Waals surface area contributed by atoms with E-state index in [0.29, 0.717) is 13.0 Å². The van der Waals surface area contributed by atoms with Crippen LogP contribution >= 0.6 is 11.8 Å². The first-order valence-corrected chi connectivity index (χ1v) is 7.33. The molecule has 2 rings (SSSR count). The molecule has 1 aliphatic rings. The van der Waals surface area contributed by atoms with Gasteiger partial charge in [-0.1, -0.05) is 30.8 Å². The van der Waals surface area contributed by atoms with Crippen molar-refractivity contribution in [2.75, 3.05) is 26.0 Å². The minimum atomic E-state index is 0.113. The van der Waals surface area contributed by atoms with Gasteiger partial charge in [0.2, 0.25) is 5.91 Å². The molecule has 5 heteroatoms. The lowest BCUT2D eigenvalue weighted by Gasteiger charge is -2.17. The summed E-state index contributed by atoms with van der Waals surface area (Å²) >= 11 is 1.63. The fourth-order valence-corrected chi connectivity index (χ4v) is 2.71. The standard InChI is InChI=1S/C14H18N2O2S/c1-3-19-14-15-8-9-16(14)13(17)10-11-4-6-12(18-2)7-5-11/h4-7H,3,8-10H2,1-2H3. The highest BCUT2D eigenvalue weighted by Crippen LogP contribution is 2.17. The molecule has 0 saturated heterocycles. The van der Waals surface area contributed by atoms with E-state index in [1.54, 1.807) is 23.8 Å². The zero-order chi connectivity index (χ0) is 13.7. The predicted molar refractivity (Wildman–Crippen MR) is 78.8 cm³/mol. The van der Waals surface area contributed by atoms with Gasteiger partial charge in [0, 0.05) is 6.54 Å². The Morgan fingerprint density at radius 1 is 1.42 bits per heavy atom. The third-order valence-corrected chi connectivity index (χ3v) is 3.79. The molecule has 0 aromatic heterocycles. The highest BCUT2D eigenvalue weighted by molar-refractivity contribution is 8.13. The average Bonchev–Trinajstić information content (AvgIpc) is 2.88. The van der Waals surface area contributed by atoms with Crippen LogP contribution in [0.1, 0.15) is 12.5 Å². The molecule has 0 N–H and O–H groups in total. The van der Waals surface area contributed by atoms with Gasteiger partial charge in [-0.2, -0.15) is 0 Å². The van der Waals surface area contributed by atoms with Gasteiger partial charge in [0.15, 0.2) is 5.17 Å². The number of amides is 1. The number of carbonyl (C=O) groups is 1. The molecule has 19 heavy (non-hydrogen) atoms. The van der Waals surface area contributed by atoms with Crippen LogP contribution in [0.15, 0.2) is 29.3 Å². The first-order chi connectivity index (χ1) is 9.24. The second kappa shape index (κ2) is 6.61. The average molecular weight is 278 g/mol. The number of rotatable bonds is 4. The second-order valence-electron chi connectivity index (χ2n) is 4.17. The van der Waals surface area contributed by atoms with Gasteiger partial charge < -0.3 is 4.74 Å². The van der Waals surface area contributed by atoms with Gasteiger partial charge in [0.25, 0.3) is 0 Å². The van der Waals surface area contributed by atoms with Crippen LogP contribution in [0, 0.1) is 0 Å². The lowest BCUT2D eigenvalue weighted by Crippen LogP contribution is -2.34. The molecule has 0 fully saturated rings. The number of hydrogen-bond donors (Lipinski definition) is 0. The summed E-state index contributed by atoms with van der Waals surface area (Å²) in [7, 11) is 1.63. The molecule has 0 spiro atoms. The van der Waals surface area contributed by atoms with Crippen molar-refractivity contribution >= 4 is 22.8 Å². The number of nitrogens with zero attached hydrogens (tertiary/aromatic N) is 2. The van der Waals surface area contributed by atoms with Gasteiger partial charge in [-0.15, -0.1) is 0 Å². The van der Waals surface area contributed by atoms with Crippen molar-refractivity contribution in [2.45, 2.75) is 13.3 Å². The molecule has 1 heterocycles. The third-order valence-electron chi connectivity index (χ3n) is 2.89. The van der Waals surface area contributed by atoms with E-state index in [1.165, 1.54) is 0 Å². The molecule has 1 aromatic rings. The SMILES string of the molecule is CCSC1=NCCN1C(=O)Cc1ccc(OC)cc1. The highest BCUT2D eigenvalue weighted by Gasteiger charge is 2.23. The van der Waals surface area contributed by atoms with Crippen molar-refractivity contribution in [1.82, 2.24) is 4.90 Å². The van der Waals surface area contributed by atoms with Gasteiger partial charge >= 0.3 is 0 Å². The van der Waals surface area contributed by atoms with E-state index in [4.69, 9.17) is 4.74 Å². The zero-order valence-corrected chi connectivity index (χ0v) is 12.1. The van der Waals surface area contributed by atoms with E-state index in [9.17, 15) is 4.79 Å². The molecule has 0 saturated carbocycles. The number of ether oxygens (including phenoxy) is 1. The molecular formula is C14H18N2O2S. The van der Waals surface area contributed by atoms with Crippen LogP contribution in [0.25, 0.3) is 0 Å². The van der Waals surface area contributed by atoms with E-state index in [0.717, 1.165) is 28.8 Å². The summed E-state index contributed by atoms with van der Waals surface area (Å²) in [5, 5.41) is 0.862. The summed E-state index contributed by atoms with van der Waals surface area (Å²) < 4.78 is 5.11. The third kappa shape index (κ3) is 3.50. The van der Waals surface area contributed by atoms with Crippen molar-refractivity contribution < 1.29 is 9.53 Å². The Morgan fingerprint density at radius 3 is 2.79 bits per heavy atom. The van der Waals surface area contributed by atoms with Crippen LogP contribution < -0.4 is 4.74 Å². The van der Waals surface area contributed by atoms with Gasteiger partial charge in [0.1, 0.15) is 5.75 Å². The summed E-state index contributed by atoms with van der Waals surface area (Å²) in [6, 6.07) is 7.61. The molecule has 0 aliphatic carbocycles. The number of thioether (sulfide) groups is 1. The second-order valence-corrected chi connectivity index (χ2v) is 5.40. The first-order valence-electron chi connectivity index (χ1n) is 6.35. The molecule has 0 bridgehead atoms. The first kappa shape index (κ1) is 13.9. The maximum Gasteiger partial charge on any atom is 0.233 e. The maximum absolute atomic E-state index is 12.3. The summed E-state index contributed by atoms with van der Waals surface area (Å²) in [6.07, 6.45) is 0.410. The molecule has 0 atom stereocenters. The number of amidine groups is 1. The monoisotopic (exact) mass is 278 g/mol. The molecule has 1 aromatic carbocycles. The van der Waals surface area contributed by atoms with E-state index in [2.05, 4.69) is 11.9 Å². The van der Waals surface area contributed by atoms with E-state index in [-0.39, 0.29) is 5.91 Å². The maximum atomic E-state index is 12.3. The van der Waals surface area contributed by atoms with E-state index in [1.807, 2.05) is 24.3 Å².